The maximum atomic E-state index is 11.8. The van der Waals surface area contributed by atoms with Gasteiger partial charge in [0.25, 0.3) is 5.91 Å². The number of esters is 1. The summed E-state index contributed by atoms with van der Waals surface area (Å²) in [6, 6.07) is 15.1. The van der Waals surface area contributed by atoms with Crippen LogP contribution in [0.4, 0.5) is 0 Å². The van der Waals surface area contributed by atoms with E-state index in [4.69, 9.17) is 0 Å². The number of hydrogen-bond acceptors (Lipinski definition) is 5. The highest BCUT2D eigenvalue weighted by Crippen LogP contribution is 2.11. The average molecular weight is 312 g/mol. The Morgan fingerprint density at radius 3 is 2.39 bits per heavy atom. The molecule has 6 heteroatoms. The summed E-state index contributed by atoms with van der Waals surface area (Å²) in [5, 5.41) is 13.7. The van der Waals surface area contributed by atoms with Crippen LogP contribution < -0.4 is 5.43 Å². The number of aliphatic hydroxyl groups excluding tert-OH is 1. The lowest BCUT2D eigenvalue weighted by Gasteiger charge is -2.08. The van der Waals surface area contributed by atoms with E-state index in [-0.39, 0.29) is 0 Å². The van der Waals surface area contributed by atoms with E-state index in [1.807, 2.05) is 0 Å². The van der Waals surface area contributed by atoms with Gasteiger partial charge in [-0.05, 0) is 23.3 Å². The number of amides is 1. The van der Waals surface area contributed by atoms with E-state index >= 15 is 0 Å². The minimum atomic E-state index is -1.28. The highest BCUT2D eigenvalue weighted by Gasteiger charge is 2.15. The number of benzene rings is 2. The Bertz CT molecular complexity index is 696. The number of ether oxygens (including phenoxy) is 1. The van der Waals surface area contributed by atoms with Gasteiger partial charge < -0.3 is 9.84 Å². The molecule has 1 amide bonds. The molecule has 0 radical (unpaired) electrons. The van der Waals surface area contributed by atoms with E-state index in [1.165, 1.54) is 13.3 Å². The van der Waals surface area contributed by atoms with Crippen LogP contribution in [0.15, 0.2) is 59.7 Å². The highest BCUT2D eigenvalue weighted by atomic mass is 16.5. The van der Waals surface area contributed by atoms with E-state index in [0.717, 1.165) is 0 Å². The van der Waals surface area contributed by atoms with Gasteiger partial charge in [-0.3, -0.25) is 4.79 Å². The number of hydrazone groups is 1. The molecule has 0 heterocycles. The second-order valence-electron chi connectivity index (χ2n) is 4.66. The molecule has 0 aliphatic carbocycles. The van der Waals surface area contributed by atoms with E-state index in [9.17, 15) is 14.7 Å². The topological polar surface area (TPSA) is 88.0 Å². The van der Waals surface area contributed by atoms with Crippen molar-refractivity contribution < 1.29 is 19.4 Å². The number of rotatable bonds is 5. The Morgan fingerprint density at radius 1 is 1.13 bits per heavy atom. The molecule has 0 saturated carbocycles. The van der Waals surface area contributed by atoms with Crippen LogP contribution in [0.5, 0.6) is 0 Å². The summed E-state index contributed by atoms with van der Waals surface area (Å²) < 4.78 is 4.60. The van der Waals surface area contributed by atoms with Gasteiger partial charge in [-0.2, -0.15) is 5.10 Å². The SMILES string of the molecule is COC(=O)c1ccc(/C=N/NC(=O)C(O)c2ccccc2)cc1. The first-order chi connectivity index (χ1) is 11.1. The number of methoxy groups -OCH3 is 1. The fourth-order valence-electron chi connectivity index (χ4n) is 1.84. The zero-order chi connectivity index (χ0) is 16.7. The molecule has 6 nitrogen and oxygen atoms in total. The summed E-state index contributed by atoms with van der Waals surface area (Å²) in [5.41, 5.74) is 3.87. The first kappa shape index (κ1) is 16.4. The maximum Gasteiger partial charge on any atom is 0.337 e. The predicted octanol–water partition coefficient (Wildman–Crippen LogP) is 1.66. The molecule has 0 spiro atoms. The van der Waals surface area contributed by atoms with Crippen LogP contribution in [0.3, 0.4) is 0 Å². The monoisotopic (exact) mass is 312 g/mol. The summed E-state index contributed by atoms with van der Waals surface area (Å²) in [6.45, 7) is 0. The zero-order valence-electron chi connectivity index (χ0n) is 12.5. The first-order valence-electron chi connectivity index (χ1n) is 6.86. The Morgan fingerprint density at radius 2 is 1.78 bits per heavy atom. The zero-order valence-corrected chi connectivity index (χ0v) is 12.5. The molecular weight excluding hydrogens is 296 g/mol. The second-order valence-corrected chi connectivity index (χ2v) is 4.66. The van der Waals surface area contributed by atoms with Crippen LogP contribution in [0.1, 0.15) is 27.6 Å². The molecule has 0 aliphatic heterocycles. The summed E-state index contributed by atoms with van der Waals surface area (Å²) in [6.07, 6.45) is 0.131. The lowest BCUT2D eigenvalue weighted by Crippen LogP contribution is -2.25. The van der Waals surface area contributed by atoms with Gasteiger partial charge in [-0.15, -0.1) is 0 Å². The lowest BCUT2D eigenvalue weighted by atomic mass is 10.1. The molecule has 1 atom stereocenters. The molecule has 0 bridgehead atoms. The molecule has 2 N–H and O–H groups in total. The third-order valence-electron chi connectivity index (χ3n) is 3.08. The largest absolute Gasteiger partial charge is 0.465 e. The van der Waals surface area contributed by atoms with E-state index < -0.39 is 18.0 Å². The normalized spacial score (nSPS) is 11.9. The van der Waals surface area contributed by atoms with Crippen LogP contribution in [-0.2, 0) is 9.53 Å². The third-order valence-corrected chi connectivity index (χ3v) is 3.08. The number of carbonyl (C=O) groups is 2. The summed E-state index contributed by atoms with van der Waals surface area (Å²) in [4.78, 5) is 23.1. The summed E-state index contributed by atoms with van der Waals surface area (Å²) in [7, 11) is 1.31. The van der Waals surface area contributed by atoms with E-state index in [2.05, 4.69) is 15.3 Å². The number of nitrogens with zero attached hydrogens (tertiary/aromatic N) is 1. The minimum absolute atomic E-state index is 0.423. The molecule has 0 aliphatic rings. The van der Waals surface area contributed by atoms with Crippen molar-refractivity contribution in [1.29, 1.82) is 0 Å². The Hall–Kier alpha value is -2.99. The van der Waals surface area contributed by atoms with Crippen molar-refractivity contribution in [2.75, 3.05) is 7.11 Å². The van der Waals surface area contributed by atoms with Gasteiger partial charge in [0.05, 0.1) is 18.9 Å². The lowest BCUT2D eigenvalue weighted by molar-refractivity contribution is -0.129. The van der Waals surface area contributed by atoms with Crippen molar-refractivity contribution in [3.63, 3.8) is 0 Å². The maximum absolute atomic E-state index is 11.8. The van der Waals surface area contributed by atoms with E-state index in [0.29, 0.717) is 16.7 Å². The summed E-state index contributed by atoms with van der Waals surface area (Å²) in [5.74, 6) is -1.05. The smallest absolute Gasteiger partial charge is 0.337 e. The van der Waals surface area contributed by atoms with E-state index in [1.54, 1.807) is 54.6 Å². The number of nitrogens with one attached hydrogen (secondary N) is 1. The number of carbonyl (C=O) groups excluding carboxylic acids is 2. The van der Waals surface area contributed by atoms with Crippen LogP contribution >= 0.6 is 0 Å². The summed E-state index contributed by atoms with van der Waals surface area (Å²) >= 11 is 0. The van der Waals surface area contributed by atoms with Gasteiger partial charge >= 0.3 is 5.97 Å². The molecule has 2 aromatic carbocycles. The van der Waals surface area contributed by atoms with Gasteiger partial charge in [0.1, 0.15) is 0 Å². The fourth-order valence-corrected chi connectivity index (χ4v) is 1.84. The molecule has 0 aromatic heterocycles. The average Bonchev–Trinajstić information content (AvgIpc) is 2.61. The molecule has 0 saturated heterocycles. The van der Waals surface area contributed by atoms with Crippen LogP contribution in [0, 0.1) is 0 Å². The standard InChI is InChI=1S/C17H16N2O4/c1-23-17(22)14-9-7-12(8-10-14)11-18-19-16(21)15(20)13-5-3-2-4-6-13/h2-11,15,20H,1H3,(H,19,21)/b18-11+. The van der Waals surface area contributed by atoms with Gasteiger partial charge in [0.2, 0.25) is 0 Å². The molecule has 23 heavy (non-hydrogen) atoms. The van der Waals surface area contributed by atoms with Crippen molar-refractivity contribution in [2.24, 2.45) is 5.10 Å². The Kier molecular flexibility index (Phi) is 5.60. The Balaban J connectivity index is 1.93. The molecule has 0 fully saturated rings. The van der Waals surface area contributed by atoms with Crippen LogP contribution in [0.2, 0.25) is 0 Å². The molecule has 1 unspecified atom stereocenters. The van der Waals surface area contributed by atoms with Gasteiger partial charge in [0.15, 0.2) is 6.10 Å². The van der Waals surface area contributed by atoms with Crippen molar-refractivity contribution >= 4 is 18.1 Å². The van der Waals surface area contributed by atoms with Gasteiger partial charge in [-0.1, -0.05) is 42.5 Å². The van der Waals surface area contributed by atoms with Crippen molar-refractivity contribution in [3.05, 3.63) is 71.3 Å². The third kappa shape index (κ3) is 4.49. The van der Waals surface area contributed by atoms with Crippen LogP contribution in [0.25, 0.3) is 0 Å². The molecule has 2 rings (SSSR count). The number of hydrogen-bond donors (Lipinski definition) is 2. The molecule has 118 valence electrons. The second kappa shape index (κ2) is 7.86. The van der Waals surface area contributed by atoms with Crippen molar-refractivity contribution in [1.82, 2.24) is 5.43 Å². The molecular formula is C17H16N2O4. The van der Waals surface area contributed by atoms with Crippen molar-refractivity contribution in [2.45, 2.75) is 6.10 Å². The minimum Gasteiger partial charge on any atom is -0.465 e. The Labute approximate surface area is 133 Å². The predicted molar refractivity (Wildman–Crippen MR) is 84.9 cm³/mol. The first-order valence-corrected chi connectivity index (χ1v) is 6.86. The highest BCUT2D eigenvalue weighted by molar-refractivity contribution is 5.91. The fraction of sp³-hybridized carbons (Fsp3) is 0.118. The van der Waals surface area contributed by atoms with Crippen LogP contribution in [-0.4, -0.2) is 30.3 Å². The van der Waals surface area contributed by atoms with Gasteiger partial charge in [-0.25, -0.2) is 10.2 Å². The molecule has 2 aromatic rings. The number of aliphatic hydroxyl groups is 1. The van der Waals surface area contributed by atoms with Gasteiger partial charge in [0, 0.05) is 0 Å². The quantitative estimate of drug-likeness (QED) is 0.499. The van der Waals surface area contributed by atoms with Crippen molar-refractivity contribution in [3.8, 4) is 0 Å².